The van der Waals surface area contributed by atoms with E-state index in [1.807, 2.05) is 24.3 Å². The molecule has 0 bridgehead atoms. The molecule has 0 heterocycles. The Balaban J connectivity index is 0.000001000. The normalized spacial score (nSPS) is 8.91. The highest BCUT2D eigenvalue weighted by atomic mass is 35.5. The van der Waals surface area contributed by atoms with Crippen molar-refractivity contribution in [3.63, 3.8) is 0 Å². The maximum Gasteiger partial charge on any atom is 0.0471 e. The summed E-state index contributed by atoms with van der Waals surface area (Å²) in [5.41, 5.74) is 1.12. The second-order valence-corrected chi connectivity index (χ2v) is 2.54. The van der Waals surface area contributed by atoms with E-state index in [0.29, 0.717) is 6.42 Å². The van der Waals surface area contributed by atoms with Gasteiger partial charge in [0, 0.05) is 11.6 Å². The Kier molecular flexibility index (Phi) is 5.30. The number of benzene rings is 1. The van der Waals surface area contributed by atoms with Crippen LogP contribution in [0.5, 0.6) is 0 Å². The molecule has 0 aliphatic carbocycles. The summed E-state index contributed by atoms with van der Waals surface area (Å²) < 4.78 is 0. The summed E-state index contributed by atoms with van der Waals surface area (Å²) >= 11 is 5.65. The van der Waals surface area contributed by atoms with Crippen molar-refractivity contribution >= 4 is 24.0 Å². The van der Waals surface area contributed by atoms with Crippen LogP contribution >= 0.6 is 24.0 Å². The standard InChI is InChI=1S/C8H9ClO.ClH/c9-8-3-1-7(2-4-8)5-6-10;/h1-4,10H,5-6H2;1H. The van der Waals surface area contributed by atoms with Crippen LogP contribution in [-0.2, 0) is 6.42 Å². The van der Waals surface area contributed by atoms with Gasteiger partial charge >= 0.3 is 0 Å². The van der Waals surface area contributed by atoms with E-state index in [-0.39, 0.29) is 19.0 Å². The van der Waals surface area contributed by atoms with Crippen molar-refractivity contribution in [2.45, 2.75) is 6.42 Å². The summed E-state index contributed by atoms with van der Waals surface area (Å²) in [6.45, 7) is 0.196. The van der Waals surface area contributed by atoms with Crippen LogP contribution in [0.2, 0.25) is 5.02 Å². The Hall–Kier alpha value is -0.240. The van der Waals surface area contributed by atoms with Crippen LogP contribution < -0.4 is 0 Å². The Morgan fingerprint density at radius 2 is 1.73 bits per heavy atom. The Morgan fingerprint density at radius 3 is 2.18 bits per heavy atom. The number of rotatable bonds is 2. The topological polar surface area (TPSA) is 20.2 Å². The summed E-state index contributed by atoms with van der Waals surface area (Å²) in [6.07, 6.45) is 0.706. The Labute approximate surface area is 77.4 Å². The minimum Gasteiger partial charge on any atom is -0.396 e. The molecule has 0 amide bonds. The van der Waals surface area contributed by atoms with Crippen molar-refractivity contribution in [3.05, 3.63) is 34.9 Å². The Bertz CT molecular complexity index is 196. The van der Waals surface area contributed by atoms with Gasteiger partial charge in [0.05, 0.1) is 0 Å². The van der Waals surface area contributed by atoms with E-state index < -0.39 is 0 Å². The summed E-state index contributed by atoms with van der Waals surface area (Å²) in [5, 5.41) is 9.29. The SMILES string of the molecule is Cl.OCCc1ccc(Cl)cc1. The van der Waals surface area contributed by atoms with E-state index in [1.165, 1.54) is 0 Å². The molecule has 11 heavy (non-hydrogen) atoms. The molecule has 0 spiro atoms. The Morgan fingerprint density at radius 1 is 1.18 bits per heavy atom. The molecule has 1 rings (SSSR count). The first-order valence-corrected chi connectivity index (χ1v) is 3.56. The van der Waals surface area contributed by atoms with Crippen molar-refractivity contribution in [3.8, 4) is 0 Å². The molecular weight excluding hydrogens is 183 g/mol. The third kappa shape index (κ3) is 3.61. The fourth-order valence-corrected chi connectivity index (χ4v) is 0.906. The maximum atomic E-state index is 8.56. The zero-order chi connectivity index (χ0) is 7.40. The van der Waals surface area contributed by atoms with Crippen LogP contribution in [0.1, 0.15) is 5.56 Å². The number of aliphatic hydroxyl groups is 1. The average Bonchev–Trinajstić information content (AvgIpc) is 1.95. The van der Waals surface area contributed by atoms with Gasteiger partial charge in [-0.3, -0.25) is 0 Å². The number of hydrogen-bond acceptors (Lipinski definition) is 1. The smallest absolute Gasteiger partial charge is 0.0471 e. The zero-order valence-electron chi connectivity index (χ0n) is 5.96. The molecule has 0 atom stereocenters. The van der Waals surface area contributed by atoms with Gasteiger partial charge in [-0.1, -0.05) is 23.7 Å². The van der Waals surface area contributed by atoms with Crippen LogP contribution in [0.3, 0.4) is 0 Å². The van der Waals surface area contributed by atoms with Crippen molar-refractivity contribution in [1.82, 2.24) is 0 Å². The van der Waals surface area contributed by atoms with E-state index >= 15 is 0 Å². The third-order valence-corrected chi connectivity index (χ3v) is 1.57. The lowest BCUT2D eigenvalue weighted by atomic mass is 10.2. The monoisotopic (exact) mass is 192 g/mol. The highest BCUT2D eigenvalue weighted by molar-refractivity contribution is 6.30. The number of hydrogen-bond donors (Lipinski definition) is 1. The molecule has 0 aliphatic rings. The van der Waals surface area contributed by atoms with Gasteiger partial charge in [-0.2, -0.15) is 0 Å². The van der Waals surface area contributed by atoms with Gasteiger partial charge in [0.1, 0.15) is 0 Å². The van der Waals surface area contributed by atoms with Gasteiger partial charge in [-0.15, -0.1) is 12.4 Å². The zero-order valence-corrected chi connectivity index (χ0v) is 7.53. The van der Waals surface area contributed by atoms with Crippen LogP contribution in [-0.4, -0.2) is 11.7 Å². The summed E-state index contributed by atoms with van der Waals surface area (Å²) in [6, 6.07) is 7.48. The van der Waals surface area contributed by atoms with E-state index in [0.717, 1.165) is 10.6 Å². The highest BCUT2D eigenvalue weighted by Gasteiger charge is 1.89. The number of halogens is 2. The van der Waals surface area contributed by atoms with E-state index in [4.69, 9.17) is 16.7 Å². The van der Waals surface area contributed by atoms with Crippen molar-refractivity contribution in [2.75, 3.05) is 6.61 Å². The molecule has 0 radical (unpaired) electrons. The molecule has 0 aromatic heterocycles. The first-order chi connectivity index (χ1) is 4.83. The van der Waals surface area contributed by atoms with Crippen molar-refractivity contribution < 1.29 is 5.11 Å². The molecule has 0 saturated heterocycles. The van der Waals surface area contributed by atoms with Crippen LogP contribution in [0.15, 0.2) is 24.3 Å². The van der Waals surface area contributed by atoms with Crippen LogP contribution in [0.4, 0.5) is 0 Å². The minimum atomic E-state index is 0. The molecule has 62 valence electrons. The molecule has 1 N–H and O–H groups in total. The summed E-state index contributed by atoms with van der Waals surface area (Å²) in [5.74, 6) is 0. The van der Waals surface area contributed by atoms with Gasteiger partial charge in [0.2, 0.25) is 0 Å². The minimum absolute atomic E-state index is 0. The highest BCUT2D eigenvalue weighted by Crippen LogP contribution is 2.09. The first kappa shape index (κ1) is 10.8. The average molecular weight is 193 g/mol. The van der Waals surface area contributed by atoms with Gasteiger partial charge in [-0.05, 0) is 24.1 Å². The molecule has 1 aromatic carbocycles. The molecule has 1 aromatic rings. The lowest BCUT2D eigenvalue weighted by molar-refractivity contribution is 0.299. The van der Waals surface area contributed by atoms with Crippen LogP contribution in [0, 0.1) is 0 Å². The number of aliphatic hydroxyl groups excluding tert-OH is 1. The maximum absolute atomic E-state index is 8.56. The third-order valence-electron chi connectivity index (χ3n) is 1.31. The van der Waals surface area contributed by atoms with Crippen LogP contribution in [0.25, 0.3) is 0 Å². The molecule has 0 aliphatic heterocycles. The molecular formula is C8H10Cl2O. The molecule has 1 nitrogen and oxygen atoms in total. The van der Waals surface area contributed by atoms with Crippen molar-refractivity contribution in [2.24, 2.45) is 0 Å². The van der Waals surface area contributed by atoms with Crippen molar-refractivity contribution in [1.29, 1.82) is 0 Å². The van der Waals surface area contributed by atoms with E-state index in [1.54, 1.807) is 0 Å². The summed E-state index contributed by atoms with van der Waals surface area (Å²) in [4.78, 5) is 0. The predicted molar refractivity (Wildman–Crippen MR) is 49.5 cm³/mol. The van der Waals surface area contributed by atoms with E-state index in [2.05, 4.69) is 0 Å². The second kappa shape index (κ2) is 5.42. The molecule has 0 saturated carbocycles. The molecule has 0 fully saturated rings. The predicted octanol–water partition coefficient (Wildman–Crippen LogP) is 2.30. The molecule has 3 heteroatoms. The second-order valence-electron chi connectivity index (χ2n) is 2.10. The van der Waals surface area contributed by atoms with Gasteiger partial charge in [-0.25, -0.2) is 0 Å². The van der Waals surface area contributed by atoms with Gasteiger partial charge in [0.25, 0.3) is 0 Å². The quantitative estimate of drug-likeness (QED) is 0.763. The lowest BCUT2D eigenvalue weighted by Crippen LogP contribution is -1.88. The lowest BCUT2D eigenvalue weighted by Gasteiger charge is -1.95. The first-order valence-electron chi connectivity index (χ1n) is 3.18. The van der Waals surface area contributed by atoms with Gasteiger partial charge < -0.3 is 5.11 Å². The largest absolute Gasteiger partial charge is 0.396 e. The van der Waals surface area contributed by atoms with Gasteiger partial charge in [0.15, 0.2) is 0 Å². The summed E-state index contributed by atoms with van der Waals surface area (Å²) in [7, 11) is 0. The van der Waals surface area contributed by atoms with E-state index in [9.17, 15) is 0 Å². The molecule has 0 unspecified atom stereocenters. The fourth-order valence-electron chi connectivity index (χ4n) is 0.780. The fraction of sp³-hybridized carbons (Fsp3) is 0.250.